The van der Waals surface area contributed by atoms with Crippen LogP contribution in [0.15, 0.2) is 36.7 Å². The topological polar surface area (TPSA) is 86.2 Å². The number of halogens is 2. The molecule has 26 heavy (non-hydrogen) atoms. The van der Waals surface area contributed by atoms with Crippen LogP contribution < -0.4 is 9.47 Å². The molecule has 0 unspecified atom stereocenters. The van der Waals surface area contributed by atoms with Crippen molar-refractivity contribution in [3.05, 3.63) is 47.0 Å². The van der Waals surface area contributed by atoms with Gasteiger partial charge in [-0.1, -0.05) is 23.2 Å². The van der Waals surface area contributed by atoms with Crippen molar-refractivity contribution >= 4 is 23.2 Å². The highest BCUT2D eigenvalue weighted by atomic mass is 35.5. The van der Waals surface area contributed by atoms with Crippen LogP contribution in [-0.2, 0) is 9.47 Å². The molecule has 2 atom stereocenters. The molecule has 0 bridgehead atoms. The molecule has 9 heteroatoms. The fourth-order valence-electron chi connectivity index (χ4n) is 1.68. The molecule has 1 N–H and O–H groups in total. The van der Waals surface area contributed by atoms with Gasteiger partial charge in [0.15, 0.2) is 0 Å². The van der Waals surface area contributed by atoms with Crippen LogP contribution in [0.2, 0.25) is 10.3 Å². The van der Waals surface area contributed by atoms with Crippen molar-refractivity contribution in [2.24, 2.45) is 0 Å². The highest BCUT2D eigenvalue weighted by Gasteiger charge is 2.22. The van der Waals surface area contributed by atoms with Gasteiger partial charge in [-0.05, 0) is 24.3 Å². The van der Waals surface area contributed by atoms with Gasteiger partial charge in [0.05, 0.1) is 25.6 Å². The Morgan fingerprint density at radius 2 is 1.65 bits per heavy atom. The van der Waals surface area contributed by atoms with Gasteiger partial charge in [0.2, 0.25) is 0 Å². The van der Waals surface area contributed by atoms with Gasteiger partial charge in [-0.2, -0.15) is 0 Å². The van der Waals surface area contributed by atoms with E-state index in [-0.39, 0.29) is 19.3 Å². The first-order valence-corrected chi connectivity index (χ1v) is 8.59. The fraction of sp³-hybridized carbons (Fsp3) is 0.412. The van der Waals surface area contributed by atoms with Crippen LogP contribution in [0.25, 0.3) is 0 Å². The first kappa shape index (κ1) is 20.7. The second-order valence-corrected chi connectivity index (χ2v) is 6.09. The monoisotopic (exact) mass is 402 g/mol. The third-order valence-corrected chi connectivity index (χ3v) is 3.49. The van der Waals surface area contributed by atoms with Crippen LogP contribution in [0.5, 0.6) is 11.5 Å². The number of aromatic nitrogens is 2. The van der Waals surface area contributed by atoms with Crippen molar-refractivity contribution in [1.82, 2.24) is 9.97 Å². The van der Waals surface area contributed by atoms with Crippen LogP contribution in [0, 0.1) is 0 Å². The van der Waals surface area contributed by atoms with Gasteiger partial charge < -0.3 is 24.1 Å². The Balaban J connectivity index is 0.000000189. The Morgan fingerprint density at radius 1 is 1.08 bits per heavy atom. The molecule has 7 nitrogen and oxygen atoms in total. The van der Waals surface area contributed by atoms with Gasteiger partial charge in [0, 0.05) is 7.11 Å². The lowest BCUT2D eigenvalue weighted by atomic mass is 10.4. The van der Waals surface area contributed by atoms with Crippen molar-refractivity contribution in [2.75, 3.05) is 33.5 Å². The molecule has 1 aliphatic rings. The summed E-state index contributed by atoms with van der Waals surface area (Å²) in [6, 6.07) is 6.80. The molecular weight excluding hydrogens is 383 g/mol. The number of pyridine rings is 2. The summed E-state index contributed by atoms with van der Waals surface area (Å²) in [7, 11) is 1.52. The molecule has 0 aliphatic carbocycles. The minimum absolute atomic E-state index is 0.178. The zero-order valence-electron chi connectivity index (χ0n) is 14.2. The molecule has 1 saturated heterocycles. The molecular formula is C17H20Cl2N2O5. The molecule has 1 aliphatic heterocycles. The fourth-order valence-corrected chi connectivity index (χ4v) is 1.91. The Bertz CT molecular complexity index is 639. The lowest BCUT2D eigenvalue weighted by molar-refractivity contribution is 0.0324. The largest absolute Gasteiger partial charge is 0.489 e. The third kappa shape index (κ3) is 8.64. The maximum Gasteiger partial charge on any atom is 0.137 e. The number of aliphatic hydroxyl groups is 1. The predicted octanol–water partition coefficient (Wildman–Crippen LogP) is 2.63. The van der Waals surface area contributed by atoms with Crippen molar-refractivity contribution < 1.29 is 24.1 Å². The highest BCUT2D eigenvalue weighted by Crippen LogP contribution is 2.15. The van der Waals surface area contributed by atoms with Gasteiger partial charge in [-0.3, -0.25) is 0 Å². The Hall–Kier alpha value is -1.64. The minimum atomic E-state index is -0.629. The van der Waals surface area contributed by atoms with Crippen LogP contribution in [0.4, 0.5) is 0 Å². The molecule has 0 amide bonds. The van der Waals surface area contributed by atoms with E-state index in [1.54, 1.807) is 30.5 Å². The number of methoxy groups -OCH3 is 1. The molecule has 0 radical (unpaired) electrons. The second kappa shape index (κ2) is 11.2. The van der Waals surface area contributed by atoms with Crippen LogP contribution in [-0.4, -0.2) is 60.8 Å². The van der Waals surface area contributed by atoms with E-state index in [1.165, 1.54) is 13.3 Å². The van der Waals surface area contributed by atoms with Gasteiger partial charge in [0.25, 0.3) is 0 Å². The molecule has 0 spiro atoms. The second-order valence-electron chi connectivity index (χ2n) is 5.32. The van der Waals surface area contributed by atoms with Gasteiger partial charge in [0.1, 0.15) is 47.2 Å². The number of aliphatic hydroxyl groups excluding tert-OH is 1. The lowest BCUT2D eigenvalue weighted by Crippen LogP contribution is -2.22. The highest BCUT2D eigenvalue weighted by molar-refractivity contribution is 6.29. The first-order valence-electron chi connectivity index (χ1n) is 7.84. The van der Waals surface area contributed by atoms with Gasteiger partial charge in [-0.15, -0.1) is 0 Å². The van der Waals surface area contributed by atoms with Crippen LogP contribution >= 0.6 is 23.2 Å². The molecule has 1 fully saturated rings. The van der Waals surface area contributed by atoms with E-state index in [2.05, 4.69) is 9.97 Å². The molecule has 3 heterocycles. The Morgan fingerprint density at radius 3 is 2.12 bits per heavy atom. The maximum absolute atomic E-state index is 9.27. The van der Waals surface area contributed by atoms with Gasteiger partial charge >= 0.3 is 0 Å². The van der Waals surface area contributed by atoms with E-state index >= 15 is 0 Å². The average molecular weight is 403 g/mol. The van der Waals surface area contributed by atoms with Gasteiger partial charge in [-0.25, -0.2) is 9.97 Å². The molecule has 142 valence electrons. The summed E-state index contributed by atoms with van der Waals surface area (Å²) in [5.41, 5.74) is 0. The van der Waals surface area contributed by atoms with E-state index in [4.69, 9.17) is 42.1 Å². The number of hydrogen-bond donors (Lipinski definition) is 1. The standard InChI is InChI=1S/C9H12ClNO3.C8H8ClNO2/c1-13-5-7(12)6-14-8-2-3-9(10)11-4-8;9-8-2-1-6(3-10-8)11-4-7-5-12-7/h2-4,7,12H,5-6H2,1H3;1-3,7H,4-5H2/t2*7-/m01/s1. The van der Waals surface area contributed by atoms with E-state index in [0.29, 0.717) is 22.7 Å². The lowest BCUT2D eigenvalue weighted by Gasteiger charge is -2.10. The van der Waals surface area contributed by atoms with Crippen molar-refractivity contribution in [2.45, 2.75) is 12.2 Å². The summed E-state index contributed by atoms with van der Waals surface area (Å²) < 4.78 is 20.3. The number of epoxide rings is 1. The summed E-state index contributed by atoms with van der Waals surface area (Å²) in [6.45, 7) is 1.84. The quantitative estimate of drug-likeness (QED) is 0.536. The molecule has 2 aromatic heterocycles. The normalized spacial score (nSPS) is 16.2. The number of ether oxygens (including phenoxy) is 4. The third-order valence-electron chi connectivity index (χ3n) is 3.04. The summed E-state index contributed by atoms with van der Waals surface area (Å²) in [4.78, 5) is 7.71. The maximum atomic E-state index is 9.27. The molecule has 3 rings (SSSR count). The van der Waals surface area contributed by atoms with E-state index in [1.807, 2.05) is 0 Å². The predicted molar refractivity (Wildman–Crippen MR) is 97.1 cm³/mol. The van der Waals surface area contributed by atoms with E-state index in [0.717, 1.165) is 12.4 Å². The van der Waals surface area contributed by atoms with E-state index < -0.39 is 6.10 Å². The summed E-state index contributed by atoms with van der Waals surface area (Å²) in [5.74, 6) is 1.31. The summed E-state index contributed by atoms with van der Waals surface area (Å²) in [5, 5.41) is 10.2. The smallest absolute Gasteiger partial charge is 0.137 e. The Labute approximate surface area is 161 Å². The molecule has 2 aromatic rings. The van der Waals surface area contributed by atoms with Crippen LogP contribution in [0.3, 0.4) is 0 Å². The zero-order valence-corrected chi connectivity index (χ0v) is 15.7. The first-order chi connectivity index (χ1) is 12.6. The van der Waals surface area contributed by atoms with E-state index in [9.17, 15) is 5.11 Å². The number of rotatable bonds is 8. The van der Waals surface area contributed by atoms with Crippen molar-refractivity contribution in [3.8, 4) is 11.5 Å². The summed E-state index contributed by atoms with van der Waals surface area (Å²) >= 11 is 11.2. The Kier molecular flexibility index (Phi) is 8.87. The van der Waals surface area contributed by atoms with Crippen molar-refractivity contribution in [3.63, 3.8) is 0 Å². The number of nitrogens with zero attached hydrogens (tertiary/aromatic N) is 2. The summed E-state index contributed by atoms with van der Waals surface area (Å²) in [6.07, 6.45) is 2.75. The SMILES string of the molecule is COC[C@H](O)COc1ccc(Cl)nc1.Clc1ccc(OC[C@@H]2CO2)cn1. The molecule has 0 saturated carbocycles. The molecule has 0 aromatic carbocycles. The minimum Gasteiger partial charge on any atom is -0.489 e. The van der Waals surface area contributed by atoms with Crippen LogP contribution in [0.1, 0.15) is 0 Å². The number of hydrogen-bond acceptors (Lipinski definition) is 7. The average Bonchev–Trinajstić information content (AvgIpc) is 3.46. The zero-order chi connectivity index (χ0) is 18.8. The van der Waals surface area contributed by atoms with Crippen molar-refractivity contribution in [1.29, 1.82) is 0 Å².